The molecule has 72 valence electrons. The summed E-state index contributed by atoms with van der Waals surface area (Å²) >= 11 is 7.20. The van der Waals surface area contributed by atoms with Crippen molar-refractivity contribution in [3.05, 3.63) is 0 Å². The van der Waals surface area contributed by atoms with Crippen molar-refractivity contribution in [2.45, 2.75) is 19.9 Å². The second-order valence-electron chi connectivity index (χ2n) is 3.01. The van der Waals surface area contributed by atoms with E-state index in [4.69, 9.17) is 11.6 Å². The molecule has 0 bridgehead atoms. The molecule has 0 aliphatic heterocycles. The summed E-state index contributed by atoms with van der Waals surface area (Å²) in [6, 6.07) is 0.103. The van der Waals surface area contributed by atoms with Crippen molar-refractivity contribution in [1.82, 2.24) is 5.32 Å². The number of carbonyl (C=O) groups excluding carboxylic acids is 1. The summed E-state index contributed by atoms with van der Waals surface area (Å²) in [5.41, 5.74) is 0. The van der Waals surface area contributed by atoms with Gasteiger partial charge in [0.1, 0.15) is 0 Å². The molecule has 1 N–H and O–H groups in total. The SMILES string of the molecule is CSCC(=O)NC(CCl)C(C)C. The first-order chi connectivity index (χ1) is 5.61. The molecule has 0 radical (unpaired) electrons. The molecule has 0 heterocycles. The van der Waals surface area contributed by atoms with Gasteiger partial charge in [0.05, 0.1) is 5.75 Å². The Balaban J connectivity index is 3.77. The second kappa shape index (κ2) is 6.61. The Morgan fingerprint density at radius 2 is 2.17 bits per heavy atom. The van der Waals surface area contributed by atoms with Crippen LogP contribution in [-0.2, 0) is 4.79 Å². The Kier molecular flexibility index (Phi) is 6.67. The lowest BCUT2D eigenvalue weighted by Gasteiger charge is -2.19. The maximum Gasteiger partial charge on any atom is 0.230 e. The lowest BCUT2D eigenvalue weighted by molar-refractivity contribution is -0.119. The molecule has 1 amide bonds. The zero-order valence-corrected chi connectivity index (χ0v) is 9.34. The highest BCUT2D eigenvalue weighted by Gasteiger charge is 2.13. The molecule has 0 aliphatic carbocycles. The van der Waals surface area contributed by atoms with Crippen LogP contribution < -0.4 is 5.32 Å². The molecule has 0 saturated carbocycles. The maximum absolute atomic E-state index is 11.1. The van der Waals surface area contributed by atoms with Gasteiger partial charge in [-0.15, -0.1) is 11.6 Å². The Labute approximate surface area is 83.4 Å². The topological polar surface area (TPSA) is 29.1 Å². The van der Waals surface area contributed by atoms with Crippen molar-refractivity contribution in [2.24, 2.45) is 5.92 Å². The fourth-order valence-corrected chi connectivity index (χ4v) is 1.54. The third-order valence-corrected chi connectivity index (χ3v) is 2.48. The van der Waals surface area contributed by atoms with Crippen molar-refractivity contribution < 1.29 is 4.79 Å². The van der Waals surface area contributed by atoms with E-state index < -0.39 is 0 Å². The largest absolute Gasteiger partial charge is 0.351 e. The quantitative estimate of drug-likeness (QED) is 0.699. The van der Waals surface area contributed by atoms with Gasteiger partial charge in [0.15, 0.2) is 0 Å². The van der Waals surface area contributed by atoms with Gasteiger partial charge in [0.2, 0.25) is 5.91 Å². The average molecular weight is 210 g/mol. The molecule has 0 saturated heterocycles. The summed E-state index contributed by atoms with van der Waals surface area (Å²) in [6.07, 6.45) is 1.91. The van der Waals surface area contributed by atoms with Crippen LogP contribution in [0.5, 0.6) is 0 Å². The highest BCUT2D eigenvalue weighted by molar-refractivity contribution is 7.99. The molecule has 4 heteroatoms. The molecule has 1 unspecified atom stereocenters. The molecule has 0 aromatic carbocycles. The summed E-state index contributed by atoms with van der Waals surface area (Å²) in [5.74, 6) is 1.47. The van der Waals surface area contributed by atoms with E-state index in [-0.39, 0.29) is 11.9 Å². The first kappa shape index (κ1) is 12.1. The van der Waals surface area contributed by atoms with Gasteiger partial charge >= 0.3 is 0 Å². The van der Waals surface area contributed by atoms with Crippen molar-refractivity contribution in [1.29, 1.82) is 0 Å². The lowest BCUT2D eigenvalue weighted by atomic mass is 10.1. The Bertz CT molecular complexity index is 141. The first-order valence-corrected chi connectivity index (χ1v) is 5.89. The number of hydrogen-bond donors (Lipinski definition) is 1. The minimum Gasteiger partial charge on any atom is -0.351 e. The Hall–Kier alpha value is 0.110. The van der Waals surface area contributed by atoms with Gasteiger partial charge in [-0.1, -0.05) is 13.8 Å². The smallest absolute Gasteiger partial charge is 0.230 e. The van der Waals surface area contributed by atoms with E-state index in [2.05, 4.69) is 5.32 Å². The number of rotatable bonds is 5. The predicted molar refractivity (Wildman–Crippen MR) is 55.9 cm³/mol. The van der Waals surface area contributed by atoms with E-state index in [9.17, 15) is 4.79 Å². The molecule has 0 spiro atoms. The maximum atomic E-state index is 11.1. The Morgan fingerprint density at radius 1 is 1.58 bits per heavy atom. The number of alkyl halides is 1. The van der Waals surface area contributed by atoms with Crippen LogP contribution in [0.25, 0.3) is 0 Å². The number of amides is 1. The number of carbonyl (C=O) groups is 1. The third kappa shape index (κ3) is 4.88. The summed E-state index contributed by atoms with van der Waals surface area (Å²) < 4.78 is 0. The monoisotopic (exact) mass is 209 g/mol. The zero-order chi connectivity index (χ0) is 9.56. The molecule has 1 atom stereocenters. The van der Waals surface area contributed by atoms with Crippen LogP contribution in [0, 0.1) is 5.92 Å². The van der Waals surface area contributed by atoms with Crippen molar-refractivity contribution in [2.75, 3.05) is 17.9 Å². The minimum atomic E-state index is 0.0712. The van der Waals surface area contributed by atoms with Gasteiger partial charge in [-0.05, 0) is 12.2 Å². The van der Waals surface area contributed by atoms with E-state index in [1.54, 1.807) is 0 Å². The van der Waals surface area contributed by atoms with Crippen LogP contribution >= 0.6 is 23.4 Å². The van der Waals surface area contributed by atoms with Gasteiger partial charge in [0, 0.05) is 11.9 Å². The third-order valence-electron chi connectivity index (χ3n) is 1.59. The van der Waals surface area contributed by atoms with Crippen molar-refractivity contribution >= 4 is 29.3 Å². The van der Waals surface area contributed by atoms with Crippen molar-refractivity contribution in [3.8, 4) is 0 Å². The zero-order valence-electron chi connectivity index (χ0n) is 7.76. The molecule has 0 rings (SSSR count). The van der Waals surface area contributed by atoms with Crippen LogP contribution in [-0.4, -0.2) is 29.8 Å². The standard InChI is InChI=1S/C8H16ClNOS/c1-6(2)7(4-9)10-8(11)5-12-3/h6-7H,4-5H2,1-3H3,(H,10,11). The van der Waals surface area contributed by atoms with E-state index >= 15 is 0 Å². The number of nitrogens with one attached hydrogen (secondary N) is 1. The Morgan fingerprint density at radius 3 is 2.50 bits per heavy atom. The molecular weight excluding hydrogens is 194 g/mol. The fourth-order valence-electron chi connectivity index (χ4n) is 0.763. The van der Waals surface area contributed by atoms with Crippen LogP contribution in [0.4, 0.5) is 0 Å². The predicted octanol–water partition coefficient (Wildman–Crippen LogP) is 1.73. The molecular formula is C8H16ClNOS. The van der Waals surface area contributed by atoms with E-state index in [0.717, 1.165) is 0 Å². The number of halogens is 1. The summed E-state index contributed by atoms with van der Waals surface area (Å²) in [5, 5.41) is 2.88. The van der Waals surface area contributed by atoms with Gasteiger partial charge in [-0.3, -0.25) is 4.79 Å². The minimum absolute atomic E-state index is 0.0712. The first-order valence-electron chi connectivity index (χ1n) is 3.96. The molecule has 0 aromatic rings. The van der Waals surface area contributed by atoms with Crippen LogP contribution in [0.1, 0.15) is 13.8 Å². The number of hydrogen-bond acceptors (Lipinski definition) is 2. The van der Waals surface area contributed by atoms with Crippen LogP contribution in [0.3, 0.4) is 0 Å². The van der Waals surface area contributed by atoms with Gasteiger partial charge in [-0.25, -0.2) is 0 Å². The lowest BCUT2D eigenvalue weighted by Crippen LogP contribution is -2.40. The van der Waals surface area contributed by atoms with Gasteiger partial charge in [-0.2, -0.15) is 11.8 Å². The summed E-state index contributed by atoms with van der Waals surface area (Å²) in [7, 11) is 0. The number of thioether (sulfide) groups is 1. The molecule has 0 fully saturated rings. The van der Waals surface area contributed by atoms with E-state index in [0.29, 0.717) is 17.6 Å². The average Bonchev–Trinajstić information content (AvgIpc) is 2.00. The highest BCUT2D eigenvalue weighted by atomic mass is 35.5. The van der Waals surface area contributed by atoms with Gasteiger partial charge in [0.25, 0.3) is 0 Å². The van der Waals surface area contributed by atoms with Crippen LogP contribution in [0.2, 0.25) is 0 Å². The molecule has 0 aromatic heterocycles. The summed E-state index contributed by atoms with van der Waals surface area (Å²) in [4.78, 5) is 11.1. The van der Waals surface area contributed by atoms with Crippen LogP contribution in [0.15, 0.2) is 0 Å². The summed E-state index contributed by atoms with van der Waals surface area (Å²) in [6.45, 7) is 4.10. The van der Waals surface area contributed by atoms with E-state index in [1.165, 1.54) is 11.8 Å². The molecule has 0 aliphatic rings. The van der Waals surface area contributed by atoms with E-state index in [1.807, 2.05) is 20.1 Å². The second-order valence-corrected chi connectivity index (χ2v) is 4.18. The molecule has 12 heavy (non-hydrogen) atoms. The highest BCUT2D eigenvalue weighted by Crippen LogP contribution is 2.03. The fraction of sp³-hybridized carbons (Fsp3) is 0.875. The van der Waals surface area contributed by atoms with Gasteiger partial charge < -0.3 is 5.32 Å². The molecule has 2 nitrogen and oxygen atoms in total. The normalized spacial score (nSPS) is 13.1. The van der Waals surface area contributed by atoms with Crippen molar-refractivity contribution in [3.63, 3.8) is 0 Å².